The second kappa shape index (κ2) is 7.55. The SMILES string of the molecule is CCOc1cccc(SC(C)C(=O)N2CCNCC2)c1. The molecule has 0 aromatic heterocycles. The van der Waals surface area contributed by atoms with Crippen LogP contribution in [0.2, 0.25) is 0 Å². The molecule has 1 unspecified atom stereocenters. The molecule has 4 nitrogen and oxygen atoms in total. The zero-order valence-corrected chi connectivity index (χ0v) is 12.9. The number of carbonyl (C=O) groups excluding carboxylic acids is 1. The number of amides is 1. The molecule has 0 radical (unpaired) electrons. The number of ether oxygens (including phenoxy) is 1. The number of nitrogens with one attached hydrogen (secondary N) is 1. The zero-order valence-electron chi connectivity index (χ0n) is 12.1. The van der Waals surface area contributed by atoms with Crippen molar-refractivity contribution in [2.45, 2.75) is 24.0 Å². The van der Waals surface area contributed by atoms with Crippen LogP contribution in [-0.4, -0.2) is 48.8 Å². The summed E-state index contributed by atoms with van der Waals surface area (Å²) >= 11 is 1.59. The van der Waals surface area contributed by atoms with Crippen LogP contribution >= 0.6 is 11.8 Å². The molecule has 1 aromatic rings. The fourth-order valence-electron chi connectivity index (χ4n) is 2.20. The lowest BCUT2D eigenvalue weighted by molar-refractivity contribution is -0.130. The van der Waals surface area contributed by atoms with E-state index < -0.39 is 0 Å². The molecule has 1 amide bonds. The van der Waals surface area contributed by atoms with Gasteiger partial charge in [-0.3, -0.25) is 4.79 Å². The maximum Gasteiger partial charge on any atom is 0.235 e. The van der Waals surface area contributed by atoms with Gasteiger partial charge in [0, 0.05) is 31.1 Å². The largest absolute Gasteiger partial charge is 0.494 e. The van der Waals surface area contributed by atoms with Gasteiger partial charge in [-0.2, -0.15) is 0 Å². The molecule has 5 heteroatoms. The number of thioether (sulfide) groups is 1. The van der Waals surface area contributed by atoms with Gasteiger partial charge in [-0.05, 0) is 32.0 Å². The normalized spacial score (nSPS) is 16.8. The average Bonchev–Trinajstić information content (AvgIpc) is 2.48. The summed E-state index contributed by atoms with van der Waals surface area (Å²) in [5.41, 5.74) is 0. The highest BCUT2D eigenvalue weighted by atomic mass is 32.2. The van der Waals surface area contributed by atoms with Crippen LogP contribution in [0.1, 0.15) is 13.8 Å². The first-order valence-corrected chi connectivity index (χ1v) is 7.97. The van der Waals surface area contributed by atoms with Gasteiger partial charge in [0.15, 0.2) is 0 Å². The van der Waals surface area contributed by atoms with E-state index in [1.165, 1.54) is 0 Å². The van der Waals surface area contributed by atoms with Crippen molar-refractivity contribution >= 4 is 17.7 Å². The van der Waals surface area contributed by atoms with E-state index in [2.05, 4.69) is 5.32 Å². The molecule has 1 aromatic carbocycles. The number of benzene rings is 1. The lowest BCUT2D eigenvalue weighted by Crippen LogP contribution is -2.48. The predicted octanol–water partition coefficient (Wildman–Crippen LogP) is 2.00. The third-order valence-corrected chi connectivity index (χ3v) is 4.29. The fourth-order valence-corrected chi connectivity index (χ4v) is 3.20. The van der Waals surface area contributed by atoms with Gasteiger partial charge in [0.25, 0.3) is 0 Å². The second-order valence-electron chi connectivity index (χ2n) is 4.74. The first-order valence-electron chi connectivity index (χ1n) is 7.09. The average molecular weight is 294 g/mol. The minimum absolute atomic E-state index is 0.0648. The first kappa shape index (κ1) is 15.2. The Morgan fingerprint density at radius 2 is 2.20 bits per heavy atom. The number of hydrogen-bond donors (Lipinski definition) is 1. The van der Waals surface area contributed by atoms with Crippen molar-refractivity contribution in [3.63, 3.8) is 0 Å². The molecule has 1 aliphatic rings. The third kappa shape index (κ3) is 4.15. The van der Waals surface area contributed by atoms with E-state index in [4.69, 9.17) is 4.74 Å². The van der Waals surface area contributed by atoms with Crippen molar-refractivity contribution in [2.75, 3.05) is 32.8 Å². The molecule has 0 spiro atoms. The minimum atomic E-state index is -0.0648. The van der Waals surface area contributed by atoms with Crippen LogP contribution in [-0.2, 0) is 4.79 Å². The Labute approximate surface area is 124 Å². The molecule has 2 rings (SSSR count). The zero-order chi connectivity index (χ0) is 14.4. The number of hydrogen-bond acceptors (Lipinski definition) is 4. The summed E-state index contributed by atoms with van der Waals surface area (Å²) in [6.45, 7) is 8.00. The van der Waals surface area contributed by atoms with Crippen molar-refractivity contribution in [1.82, 2.24) is 10.2 Å². The highest BCUT2D eigenvalue weighted by Gasteiger charge is 2.22. The maximum atomic E-state index is 12.4. The second-order valence-corrected chi connectivity index (χ2v) is 6.16. The molecule has 0 saturated carbocycles. The first-order chi connectivity index (χ1) is 9.70. The highest BCUT2D eigenvalue weighted by Crippen LogP contribution is 2.27. The summed E-state index contributed by atoms with van der Waals surface area (Å²) in [6, 6.07) is 7.93. The summed E-state index contributed by atoms with van der Waals surface area (Å²) in [6.07, 6.45) is 0. The Morgan fingerprint density at radius 3 is 2.90 bits per heavy atom. The van der Waals surface area contributed by atoms with Crippen molar-refractivity contribution < 1.29 is 9.53 Å². The van der Waals surface area contributed by atoms with E-state index in [0.717, 1.165) is 36.8 Å². The maximum absolute atomic E-state index is 12.4. The van der Waals surface area contributed by atoms with Crippen LogP contribution in [0.5, 0.6) is 5.75 Å². The number of piperazine rings is 1. The summed E-state index contributed by atoms with van der Waals surface area (Å²) in [5.74, 6) is 1.08. The molecule has 0 bridgehead atoms. The molecule has 1 N–H and O–H groups in total. The molecular formula is C15H22N2O2S. The van der Waals surface area contributed by atoms with Gasteiger partial charge >= 0.3 is 0 Å². The Morgan fingerprint density at radius 1 is 1.45 bits per heavy atom. The van der Waals surface area contributed by atoms with Crippen LogP contribution in [0, 0.1) is 0 Å². The Hall–Kier alpha value is -1.20. The molecule has 1 heterocycles. The van der Waals surface area contributed by atoms with E-state index in [0.29, 0.717) is 6.61 Å². The molecule has 1 fully saturated rings. The summed E-state index contributed by atoms with van der Waals surface area (Å²) < 4.78 is 5.49. The number of rotatable bonds is 5. The quantitative estimate of drug-likeness (QED) is 0.843. The van der Waals surface area contributed by atoms with E-state index in [1.54, 1.807) is 11.8 Å². The summed E-state index contributed by atoms with van der Waals surface area (Å²) in [4.78, 5) is 15.4. The van der Waals surface area contributed by atoms with Crippen molar-refractivity contribution in [1.29, 1.82) is 0 Å². The Bertz CT molecular complexity index is 447. The van der Waals surface area contributed by atoms with Crippen molar-refractivity contribution in [2.24, 2.45) is 0 Å². The van der Waals surface area contributed by atoms with Gasteiger partial charge in [0.1, 0.15) is 5.75 Å². The van der Waals surface area contributed by atoms with Gasteiger partial charge in [-0.1, -0.05) is 6.07 Å². The number of carbonyl (C=O) groups is 1. The molecule has 1 aliphatic heterocycles. The van der Waals surface area contributed by atoms with Crippen molar-refractivity contribution in [3.05, 3.63) is 24.3 Å². The molecule has 1 atom stereocenters. The van der Waals surface area contributed by atoms with Crippen molar-refractivity contribution in [3.8, 4) is 5.75 Å². The van der Waals surface area contributed by atoms with Gasteiger partial charge in [0.2, 0.25) is 5.91 Å². The number of nitrogens with zero attached hydrogens (tertiary/aromatic N) is 1. The molecule has 20 heavy (non-hydrogen) atoms. The molecule has 110 valence electrons. The topological polar surface area (TPSA) is 41.6 Å². The predicted molar refractivity (Wildman–Crippen MR) is 82.4 cm³/mol. The molecule has 1 saturated heterocycles. The minimum Gasteiger partial charge on any atom is -0.494 e. The van der Waals surface area contributed by atoms with Crippen LogP contribution in [0.25, 0.3) is 0 Å². The smallest absolute Gasteiger partial charge is 0.235 e. The van der Waals surface area contributed by atoms with Gasteiger partial charge < -0.3 is 15.0 Å². The monoisotopic (exact) mass is 294 g/mol. The van der Waals surface area contributed by atoms with Gasteiger partial charge in [0.05, 0.1) is 11.9 Å². The molecular weight excluding hydrogens is 272 g/mol. The lowest BCUT2D eigenvalue weighted by Gasteiger charge is -2.29. The summed E-state index contributed by atoms with van der Waals surface area (Å²) in [5, 5.41) is 3.20. The van der Waals surface area contributed by atoms with Crippen LogP contribution < -0.4 is 10.1 Å². The lowest BCUT2D eigenvalue weighted by atomic mass is 10.3. The highest BCUT2D eigenvalue weighted by molar-refractivity contribution is 8.00. The van der Waals surface area contributed by atoms with E-state index in [-0.39, 0.29) is 11.2 Å². The summed E-state index contributed by atoms with van der Waals surface area (Å²) in [7, 11) is 0. The van der Waals surface area contributed by atoms with E-state index in [1.807, 2.05) is 43.0 Å². The van der Waals surface area contributed by atoms with E-state index in [9.17, 15) is 4.79 Å². The van der Waals surface area contributed by atoms with E-state index >= 15 is 0 Å². The third-order valence-electron chi connectivity index (χ3n) is 3.21. The molecule has 0 aliphatic carbocycles. The van der Waals surface area contributed by atoms with Crippen LogP contribution in [0.4, 0.5) is 0 Å². The van der Waals surface area contributed by atoms with Gasteiger partial charge in [-0.25, -0.2) is 0 Å². The van der Waals surface area contributed by atoms with Crippen LogP contribution in [0.15, 0.2) is 29.2 Å². The van der Waals surface area contributed by atoms with Gasteiger partial charge in [-0.15, -0.1) is 11.8 Å². The standard InChI is InChI=1S/C15H22N2O2S/c1-3-19-13-5-4-6-14(11-13)20-12(2)15(18)17-9-7-16-8-10-17/h4-6,11-12,16H,3,7-10H2,1-2H3. The Kier molecular flexibility index (Phi) is 5.73. The fraction of sp³-hybridized carbons (Fsp3) is 0.533. The Balaban J connectivity index is 1.94. The van der Waals surface area contributed by atoms with Crippen LogP contribution in [0.3, 0.4) is 0 Å².